The number of hydrogen-bond acceptors (Lipinski definition) is 5. The lowest BCUT2D eigenvalue weighted by molar-refractivity contribution is 0.878. The molecule has 0 atom stereocenters. The van der Waals surface area contributed by atoms with E-state index >= 15 is 0 Å². The van der Waals surface area contributed by atoms with Crippen molar-refractivity contribution < 1.29 is 0 Å². The van der Waals surface area contributed by atoms with Crippen LogP contribution in [0.3, 0.4) is 0 Å². The van der Waals surface area contributed by atoms with Gasteiger partial charge in [-0.25, -0.2) is 9.67 Å². The highest BCUT2D eigenvalue weighted by molar-refractivity contribution is 7.16. The van der Waals surface area contributed by atoms with Gasteiger partial charge in [0.25, 0.3) is 0 Å². The van der Waals surface area contributed by atoms with Gasteiger partial charge in [-0.3, -0.25) is 0 Å². The molecule has 0 bridgehead atoms. The minimum absolute atomic E-state index is 0.641. The van der Waals surface area contributed by atoms with Crippen molar-refractivity contribution in [2.24, 2.45) is 0 Å². The molecule has 0 saturated heterocycles. The molecule has 0 saturated carbocycles. The van der Waals surface area contributed by atoms with Crippen molar-refractivity contribution in [3.05, 3.63) is 41.9 Å². The summed E-state index contributed by atoms with van der Waals surface area (Å²) in [6.45, 7) is 2.82. The number of nitrogens with zero attached hydrogens (tertiary/aromatic N) is 4. The molecule has 0 aliphatic heterocycles. The van der Waals surface area contributed by atoms with Crippen LogP contribution in [0.25, 0.3) is 26.9 Å². The van der Waals surface area contributed by atoms with Gasteiger partial charge in [-0.1, -0.05) is 18.2 Å². The normalized spacial score (nSPS) is 11.3. The summed E-state index contributed by atoms with van der Waals surface area (Å²) in [4.78, 5) is 10.1. The van der Waals surface area contributed by atoms with Gasteiger partial charge in [-0.15, -0.1) is 11.3 Å². The fourth-order valence-corrected chi connectivity index (χ4v) is 3.14. The molecule has 0 amide bonds. The first kappa shape index (κ1) is 12.3. The maximum Gasteiger partial charge on any atom is 0.226 e. The van der Waals surface area contributed by atoms with Crippen LogP contribution in [0.15, 0.2) is 41.9 Å². The zero-order valence-corrected chi connectivity index (χ0v) is 12.3. The van der Waals surface area contributed by atoms with Gasteiger partial charge < -0.3 is 5.32 Å². The van der Waals surface area contributed by atoms with Crippen LogP contribution in [0.2, 0.25) is 0 Å². The molecule has 1 aromatic carbocycles. The maximum atomic E-state index is 4.64. The molecule has 0 radical (unpaired) electrons. The van der Waals surface area contributed by atoms with E-state index in [1.807, 2.05) is 41.4 Å². The summed E-state index contributed by atoms with van der Waals surface area (Å²) in [6.07, 6.45) is 1.86. The standard InChI is InChI=1S/C15H13N5S/c1-2-16-15-18-13(11-7-8-21-14(11)19-15)20-12-6-4-3-5-10(12)9-17-20/h3-9H,2H2,1H3,(H,16,18,19). The van der Waals surface area contributed by atoms with Gasteiger partial charge in [0.1, 0.15) is 4.83 Å². The van der Waals surface area contributed by atoms with Crippen LogP contribution >= 0.6 is 11.3 Å². The van der Waals surface area contributed by atoms with Crippen LogP contribution in [0.4, 0.5) is 5.95 Å². The van der Waals surface area contributed by atoms with Crippen LogP contribution in [0, 0.1) is 0 Å². The second kappa shape index (κ2) is 4.82. The van der Waals surface area contributed by atoms with Crippen LogP contribution in [0.1, 0.15) is 6.92 Å². The van der Waals surface area contributed by atoms with Crippen molar-refractivity contribution in [2.75, 3.05) is 11.9 Å². The minimum atomic E-state index is 0.641. The number of nitrogens with one attached hydrogen (secondary N) is 1. The second-order valence-corrected chi connectivity index (χ2v) is 5.55. The highest BCUT2D eigenvalue weighted by atomic mass is 32.1. The molecule has 1 N–H and O–H groups in total. The van der Waals surface area contributed by atoms with E-state index in [1.54, 1.807) is 11.3 Å². The average Bonchev–Trinajstić information content (AvgIpc) is 3.13. The van der Waals surface area contributed by atoms with Gasteiger partial charge in [-0.05, 0) is 24.4 Å². The fraction of sp³-hybridized carbons (Fsp3) is 0.133. The zero-order valence-electron chi connectivity index (χ0n) is 11.4. The zero-order chi connectivity index (χ0) is 14.2. The third-order valence-electron chi connectivity index (χ3n) is 3.32. The van der Waals surface area contributed by atoms with Crippen LogP contribution in [-0.2, 0) is 0 Å². The summed E-state index contributed by atoms with van der Waals surface area (Å²) < 4.78 is 1.88. The molecule has 0 aliphatic rings. The van der Waals surface area contributed by atoms with E-state index in [2.05, 4.69) is 32.5 Å². The van der Waals surface area contributed by atoms with Crippen molar-refractivity contribution in [1.29, 1.82) is 0 Å². The number of benzene rings is 1. The Bertz CT molecular complexity index is 924. The van der Waals surface area contributed by atoms with Crippen molar-refractivity contribution in [3.63, 3.8) is 0 Å². The summed E-state index contributed by atoms with van der Waals surface area (Å²) in [5.41, 5.74) is 1.05. The SMILES string of the molecule is CCNc1nc(-n2ncc3ccccc32)c2ccsc2n1. The summed E-state index contributed by atoms with van der Waals surface area (Å²) in [7, 11) is 0. The van der Waals surface area contributed by atoms with E-state index in [0.717, 1.165) is 33.5 Å². The van der Waals surface area contributed by atoms with Gasteiger partial charge in [-0.2, -0.15) is 10.1 Å². The number of aromatic nitrogens is 4. The van der Waals surface area contributed by atoms with Gasteiger partial charge >= 0.3 is 0 Å². The molecule has 0 unspecified atom stereocenters. The van der Waals surface area contributed by atoms with E-state index in [-0.39, 0.29) is 0 Å². The Balaban J connectivity index is 2.02. The summed E-state index contributed by atoms with van der Waals surface area (Å²) in [6, 6.07) is 10.2. The van der Waals surface area contributed by atoms with E-state index < -0.39 is 0 Å². The molecule has 104 valence electrons. The summed E-state index contributed by atoms with van der Waals surface area (Å²) in [5, 5.41) is 11.8. The van der Waals surface area contributed by atoms with E-state index in [0.29, 0.717) is 5.95 Å². The Hall–Kier alpha value is -2.47. The number of anilines is 1. The topological polar surface area (TPSA) is 55.6 Å². The van der Waals surface area contributed by atoms with Crippen molar-refractivity contribution in [3.8, 4) is 5.82 Å². The Morgan fingerprint density at radius 2 is 2.10 bits per heavy atom. The molecule has 0 aliphatic carbocycles. The number of thiophene rings is 1. The number of fused-ring (bicyclic) bond motifs is 2. The molecule has 0 fully saturated rings. The van der Waals surface area contributed by atoms with E-state index in [9.17, 15) is 0 Å². The molecule has 3 heterocycles. The maximum absolute atomic E-state index is 4.64. The molecular weight excluding hydrogens is 282 g/mol. The smallest absolute Gasteiger partial charge is 0.226 e. The number of hydrogen-bond donors (Lipinski definition) is 1. The van der Waals surface area contributed by atoms with E-state index in [1.165, 1.54) is 0 Å². The van der Waals surface area contributed by atoms with Crippen molar-refractivity contribution in [1.82, 2.24) is 19.7 Å². The first-order valence-electron chi connectivity index (χ1n) is 6.79. The van der Waals surface area contributed by atoms with Crippen molar-refractivity contribution in [2.45, 2.75) is 6.92 Å². The second-order valence-electron chi connectivity index (χ2n) is 4.66. The molecule has 4 aromatic rings. The summed E-state index contributed by atoms with van der Waals surface area (Å²) >= 11 is 1.61. The Kier molecular flexibility index (Phi) is 2.82. The highest BCUT2D eigenvalue weighted by Gasteiger charge is 2.13. The van der Waals surface area contributed by atoms with Gasteiger partial charge in [0.05, 0.1) is 17.1 Å². The quantitative estimate of drug-likeness (QED) is 0.629. The highest BCUT2D eigenvalue weighted by Crippen LogP contribution is 2.27. The summed E-state index contributed by atoms with van der Waals surface area (Å²) in [5.74, 6) is 1.46. The third kappa shape index (κ3) is 1.95. The van der Waals surface area contributed by atoms with Crippen LogP contribution in [0.5, 0.6) is 0 Å². The molecule has 5 nitrogen and oxygen atoms in total. The fourth-order valence-electron chi connectivity index (χ4n) is 2.38. The van der Waals surface area contributed by atoms with Gasteiger partial charge in [0, 0.05) is 11.9 Å². The number of para-hydroxylation sites is 1. The Morgan fingerprint density at radius 3 is 3.00 bits per heavy atom. The Morgan fingerprint density at radius 1 is 1.19 bits per heavy atom. The van der Waals surface area contributed by atoms with Crippen LogP contribution < -0.4 is 5.32 Å². The molecular formula is C15H13N5S. The monoisotopic (exact) mass is 295 g/mol. The lowest BCUT2D eigenvalue weighted by atomic mass is 10.2. The molecule has 21 heavy (non-hydrogen) atoms. The van der Waals surface area contributed by atoms with Crippen molar-refractivity contribution >= 4 is 38.4 Å². The van der Waals surface area contributed by atoms with Gasteiger partial charge in [0.2, 0.25) is 5.95 Å². The largest absolute Gasteiger partial charge is 0.354 e. The lowest BCUT2D eigenvalue weighted by Crippen LogP contribution is -2.07. The molecule has 4 rings (SSSR count). The molecule has 3 aromatic heterocycles. The first-order chi connectivity index (χ1) is 10.4. The van der Waals surface area contributed by atoms with Crippen LogP contribution in [-0.4, -0.2) is 26.3 Å². The van der Waals surface area contributed by atoms with E-state index in [4.69, 9.17) is 0 Å². The Labute approximate surface area is 125 Å². The average molecular weight is 295 g/mol. The lowest BCUT2D eigenvalue weighted by Gasteiger charge is -2.07. The predicted octanol–water partition coefficient (Wildman–Crippen LogP) is 3.46. The first-order valence-corrected chi connectivity index (χ1v) is 7.67. The molecule has 0 spiro atoms. The number of rotatable bonds is 3. The molecule has 6 heteroatoms. The third-order valence-corrected chi connectivity index (χ3v) is 4.12. The minimum Gasteiger partial charge on any atom is -0.354 e. The predicted molar refractivity (Wildman–Crippen MR) is 86.2 cm³/mol. The van der Waals surface area contributed by atoms with Gasteiger partial charge in [0.15, 0.2) is 5.82 Å².